The van der Waals surface area contributed by atoms with Crippen LogP contribution in [0.2, 0.25) is 0 Å². The Morgan fingerprint density at radius 2 is 2.23 bits per heavy atom. The summed E-state index contributed by atoms with van der Waals surface area (Å²) in [6, 6.07) is 6.17. The molecule has 2 rings (SSSR count). The molecule has 1 heteroatoms. The first-order chi connectivity index (χ1) is 6.33. The van der Waals surface area contributed by atoms with Crippen molar-refractivity contribution in [3.05, 3.63) is 47.5 Å². The van der Waals surface area contributed by atoms with Gasteiger partial charge in [-0.05, 0) is 36.0 Å². The predicted molar refractivity (Wildman–Crippen MR) is 53.6 cm³/mol. The topological polar surface area (TPSA) is 20.2 Å². The average Bonchev–Trinajstić information content (AvgIpc) is 2.63. The molecule has 1 aliphatic carbocycles. The summed E-state index contributed by atoms with van der Waals surface area (Å²) in [7, 11) is 0. The van der Waals surface area contributed by atoms with E-state index in [4.69, 9.17) is 0 Å². The molecule has 13 heavy (non-hydrogen) atoms. The molecular weight excluding hydrogens is 160 g/mol. The van der Waals surface area contributed by atoms with Crippen molar-refractivity contribution in [3.63, 3.8) is 0 Å². The third kappa shape index (κ3) is 1.40. The molecule has 0 saturated carbocycles. The summed E-state index contributed by atoms with van der Waals surface area (Å²) >= 11 is 0. The van der Waals surface area contributed by atoms with Gasteiger partial charge in [-0.25, -0.2) is 0 Å². The highest BCUT2D eigenvalue weighted by Crippen LogP contribution is 2.29. The molecular formula is C12H14O. The van der Waals surface area contributed by atoms with E-state index in [1.807, 2.05) is 12.1 Å². The Labute approximate surface area is 78.7 Å². The van der Waals surface area contributed by atoms with Gasteiger partial charge in [0.05, 0.1) is 6.10 Å². The van der Waals surface area contributed by atoms with Crippen molar-refractivity contribution in [1.82, 2.24) is 0 Å². The van der Waals surface area contributed by atoms with Crippen molar-refractivity contribution in [2.24, 2.45) is 0 Å². The molecule has 0 aromatic heterocycles. The number of rotatable bonds is 2. The van der Waals surface area contributed by atoms with Crippen LogP contribution in [0.4, 0.5) is 0 Å². The lowest BCUT2D eigenvalue weighted by Crippen LogP contribution is -1.98. The van der Waals surface area contributed by atoms with Crippen LogP contribution in [0, 0.1) is 0 Å². The van der Waals surface area contributed by atoms with Gasteiger partial charge in [0.1, 0.15) is 0 Å². The molecule has 1 aliphatic rings. The maximum absolute atomic E-state index is 9.68. The molecule has 0 aliphatic heterocycles. The Morgan fingerprint density at radius 1 is 1.38 bits per heavy atom. The summed E-state index contributed by atoms with van der Waals surface area (Å²) < 4.78 is 0. The minimum absolute atomic E-state index is 0.493. The van der Waals surface area contributed by atoms with Crippen LogP contribution < -0.4 is 0 Å². The standard InChI is InChI=1S/C12H14O/c1-2-12(13)11-8-4-6-9-5-3-7-10(9)11/h2,4,6,8,12-13H,1,3,5,7H2. The van der Waals surface area contributed by atoms with E-state index < -0.39 is 6.10 Å². The van der Waals surface area contributed by atoms with Gasteiger partial charge in [0.25, 0.3) is 0 Å². The van der Waals surface area contributed by atoms with Crippen LogP contribution in [0.3, 0.4) is 0 Å². The molecule has 0 heterocycles. The van der Waals surface area contributed by atoms with E-state index >= 15 is 0 Å². The lowest BCUT2D eigenvalue weighted by atomic mass is 9.99. The minimum atomic E-state index is -0.493. The van der Waals surface area contributed by atoms with Crippen molar-refractivity contribution in [2.45, 2.75) is 25.4 Å². The normalized spacial score (nSPS) is 16.7. The van der Waals surface area contributed by atoms with E-state index in [9.17, 15) is 5.11 Å². The van der Waals surface area contributed by atoms with E-state index in [2.05, 4.69) is 12.6 Å². The number of hydrogen-bond acceptors (Lipinski definition) is 1. The molecule has 0 spiro atoms. The van der Waals surface area contributed by atoms with Gasteiger partial charge in [-0.15, -0.1) is 6.58 Å². The van der Waals surface area contributed by atoms with Crippen LogP contribution in [0.25, 0.3) is 0 Å². The smallest absolute Gasteiger partial charge is 0.0971 e. The quantitative estimate of drug-likeness (QED) is 0.682. The summed E-state index contributed by atoms with van der Waals surface area (Å²) in [5.41, 5.74) is 3.79. The SMILES string of the molecule is C=CC(O)c1cccc2c1CCC2. The number of aryl methyl sites for hydroxylation is 1. The van der Waals surface area contributed by atoms with Crippen molar-refractivity contribution in [2.75, 3.05) is 0 Å². The van der Waals surface area contributed by atoms with Gasteiger partial charge in [0.2, 0.25) is 0 Å². The van der Waals surface area contributed by atoms with Gasteiger partial charge in [0.15, 0.2) is 0 Å². The van der Waals surface area contributed by atoms with E-state index in [1.54, 1.807) is 6.08 Å². The lowest BCUT2D eigenvalue weighted by molar-refractivity contribution is 0.228. The third-order valence-corrected chi connectivity index (χ3v) is 2.72. The zero-order chi connectivity index (χ0) is 9.26. The monoisotopic (exact) mass is 174 g/mol. The van der Waals surface area contributed by atoms with Crippen molar-refractivity contribution in [1.29, 1.82) is 0 Å². The first kappa shape index (κ1) is 8.52. The number of hydrogen-bond donors (Lipinski definition) is 1. The summed E-state index contributed by atoms with van der Waals surface area (Å²) in [5.74, 6) is 0. The molecule has 1 nitrogen and oxygen atoms in total. The van der Waals surface area contributed by atoms with Gasteiger partial charge in [0, 0.05) is 0 Å². The summed E-state index contributed by atoms with van der Waals surface area (Å²) in [6.45, 7) is 3.61. The van der Waals surface area contributed by atoms with Gasteiger partial charge < -0.3 is 5.11 Å². The second-order valence-corrected chi connectivity index (χ2v) is 3.52. The Kier molecular flexibility index (Phi) is 2.19. The molecule has 0 saturated heterocycles. The van der Waals surface area contributed by atoms with E-state index in [1.165, 1.54) is 17.5 Å². The van der Waals surface area contributed by atoms with E-state index in [-0.39, 0.29) is 0 Å². The summed E-state index contributed by atoms with van der Waals surface area (Å²) in [4.78, 5) is 0. The molecule has 1 aromatic rings. The first-order valence-corrected chi connectivity index (χ1v) is 4.74. The number of aliphatic hydroxyl groups excluding tert-OH is 1. The Bertz CT molecular complexity index is 328. The molecule has 1 atom stereocenters. The molecule has 1 N–H and O–H groups in total. The average molecular weight is 174 g/mol. The minimum Gasteiger partial charge on any atom is -0.384 e. The molecule has 1 aromatic carbocycles. The molecule has 0 amide bonds. The predicted octanol–water partition coefficient (Wildman–Crippen LogP) is 2.39. The van der Waals surface area contributed by atoms with Crippen LogP contribution >= 0.6 is 0 Å². The maximum atomic E-state index is 9.68. The number of aliphatic hydroxyl groups is 1. The Hall–Kier alpha value is -1.08. The number of fused-ring (bicyclic) bond motifs is 1. The largest absolute Gasteiger partial charge is 0.384 e. The van der Waals surface area contributed by atoms with Crippen LogP contribution in [-0.4, -0.2) is 5.11 Å². The van der Waals surface area contributed by atoms with Gasteiger partial charge in [-0.1, -0.05) is 24.3 Å². The molecule has 1 unspecified atom stereocenters. The fourth-order valence-corrected chi connectivity index (χ4v) is 2.05. The molecule has 0 bridgehead atoms. The Balaban J connectivity index is 2.46. The molecule has 68 valence electrons. The highest BCUT2D eigenvalue weighted by Gasteiger charge is 2.16. The summed E-state index contributed by atoms with van der Waals surface area (Å²) in [6.07, 6.45) is 4.58. The molecule has 0 fully saturated rings. The van der Waals surface area contributed by atoms with E-state index in [0.29, 0.717) is 0 Å². The van der Waals surface area contributed by atoms with Gasteiger partial charge >= 0.3 is 0 Å². The van der Waals surface area contributed by atoms with Crippen LogP contribution in [-0.2, 0) is 12.8 Å². The highest BCUT2D eigenvalue weighted by molar-refractivity contribution is 5.40. The fourth-order valence-electron chi connectivity index (χ4n) is 2.05. The fraction of sp³-hybridized carbons (Fsp3) is 0.333. The zero-order valence-electron chi connectivity index (χ0n) is 7.66. The van der Waals surface area contributed by atoms with E-state index in [0.717, 1.165) is 18.4 Å². The van der Waals surface area contributed by atoms with Crippen molar-refractivity contribution >= 4 is 0 Å². The third-order valence-electron chi connectivity index (χ3n) is 2.72. The highest BCUT2D eigenvalue weighted by atomic mass is 16.3. The second-order valence-electron chi connectivity index (χ2n) is 3.52. The molecule has 0 radical (unpaired) electrons. The second kappa shape index (κ2) is 3.35. The zero-order valence-corrected chi connectivity index (χ0v) is 7.66. The van der Waals surface area contributed by atoms with Crippen LogP contribution in [0.1, 0.15) is 29.2 Å². The van der Waals surface area contributed by atoms with Gasteiger partial charge in [-0.2, -0.15) is 0 Å². The maximum Gasteiger partial charge on any atom is 0.0971 e. The first-order valence-electron chi connectivity index (χ1n) is 4.74. The number of benzene rings is 1. The Morgan fingerprint density at radius 3 is 3.00 bits per heavy atom. The lowest BCUT2D eigenvalue weighted by Gasteiger charge is -2.10. The summed E-state index contributed by atoms with van der Waals surface area (Å²) in [5, 5.41) is 9.68. The van der Waals surface area contributed by atoms with Crippen molar-refractivity contribution in [3.8, 4) is 0 Å². The van der Waals surface area contributed by atoms with Gasteiger partial charge in [-0.3, -0.25) is 0 Å². The van der Waals surface area contributed by atoms with Crippen molar-refractivity contribution < 1.29 is 5.11 Å². The van der Waals surface area contributed by atoms with Crippen LogP contribution in [0.15, 0.2) is 30.9 Å². The van der Waals surface area contributed by atoms with Crippen LogP contribution in [0.5, 0.6) is 0 Å².